The maximum absolute atomic E-state index is 11.9. The summed E-state index contributed by atoms with van der Waals surface area (Å²) < 4.78 is 6.58. The first-order chi connectivity index (χ1) is 8.75. The zero-order valence-electron chi connectivity index (χ0n) is 10.0. The third kappa shape index (κ3) is 3.98. The van der Waals surface area contributed by atoms with Crippen LogP contribution in [-0.4, -0.2) is 12.1 Å². The normalized spacial score (nSPS) is 22.6. The van der Waals surface area contributed by atoms with E-state index in [-0.39, 0.29) is 12.1 Å². The Hall–Kier alpha value is -1.10. The summed E-state index contributed by atoms with van der Waals surface area (Å²) in [5.41, 5.74) is 0.606. The van der Waals surface area contributed by atoms with Crippen molar-refractivity contribution in [1.29, 1.82) is 0 Å². The van der Waals surface area contributed by atoms with Gasteiger partial charge < -0.3 is 4.74 Å². The van der Waals surface area contributed by atoms with Gasteiger partial charge in [-0.25, -0.2) is 4.79 Å². The molecule has 1 aliphatic carbocycles. The van der Waals surface area contributed by atoms with E-state index >= 15 is 0 Å². The predicted octanol–water partition coefficient (Wildman–Crippen LogP) is 4.11. The van der Waals surface area contributed by atoms with Crippen molar-refractivity contribution in [3.05, 3.63) is 57.7 Å². The Bertz CT molecular complexity index is 460. The number of hydrogen-bond acceptors (Lipinski definition) is 2. The van der Waals surface area contributed by atoms with Gasteiger partial charge in [0, 0.05) is 9.99 Å². The van der Waals surface area contributed by atoms with E-state index in [1.165, 1.54) is 0 Å². The van der Waals surface area contributed by atoms with Crippen LogP contribution >= 0.6 is 22.6 Å². The molecule has 1 atom stereocenters. The van der Waals surface area contributed by atoms with Crippen molar-refractivity contribution in [2.45, 2.75) is 25.4 Å². The van der Waals surface area contributed by atoms with Crippen LogP contribution in [0, 0.1) is 3.57 Å². The summed E-state index contributed by atoms with van der Waals surface area (Å²) in [6.07, 6.45) is 11.0. The van der Waals surface area contributed by atoms with Crippen LogP contribution < -0.4 is 0 Å². The van der Waals surface area contributed by atoms with Gasteiger partial charge in [-0.15, -0.1) is 0 Å². The average Bonchev–Trinajstić information content (AvgIpc) is 2.33. The molecular weight excluding hydrogens is 339 g/mol. The lowest BCUT2D eigenvalue weighted by Gasteiger charge is -2.13. The van der Waals surface area contributed by atoms with Gasteiger partial charge in [-0.3, -0.25) is 0 Å². The topological polar surface area (TPSA) is 26.3 Å². The van der Waals surface area contributed by atoms with Crippen LogP contribution in [0.5, 0.6) is 0 Å². The third-order valence-electron chi connectivity index (χ3n) is 2.72. The van der Waals surface area contributed by atoms with Gasteiger partial charge in [-0.1, -0.05) is 18.2 Å². The number of rotatable bonds is 2. The summed E-state index contributed by atoms with van der Waals surface area (Å²) in [4.78, 5) is 11.9. The van der Waals surface area contributed by atoms with Crippen LogP contribution in [-0.2, 0) is 4.74 Å². The highest BCUT2D eigenvalue weighted by Crippen LogP contribution is 2.13. The SMILES string of the molecule is O=C(OC1/C=C\CC/C=C\C1)c1ccc(I)cc1. The largest absolute Gasteiger partial charge is 0.454 e. The molecule has 0 fully saturated rings. The van der Waals surface area contributed by atoms with Crippen molar-refractivity contribution in [3.63, 3.8) is 0 Å². The quantitative estimate of drug-likeness (QED) is 0.454. The monoisotopic (exact) mass is 354 g/mol. The molecule has 2 rings (SSSR count). The van der Waals surface area contributed by atoms with E-state index in [0.29, 0.717) is 5.56 Å². The minimum Gasteiger partial charge on any atom is -0.454 e. The number of carbonyl (C=O) groups is 1. The molecule has 0 saturated heterocycles. The molecular formula is C15H15IO2. The zero-order valence-corrected chi connectivity index (χ0v) is 12.2. The Morgan fingerprint density at radius 3 is 2.61 bits per heavy atom. The van der Waals surface area contributed by atoms with Gasteiger partial charge in [-0.05, 0) is 65.8 Å². The van der Waals surface area contributed by atoms with Crippen LogP contribution in [0.2, 0.25) is 0 Å². The lowest BCUT2D eigenvalue weighted by atomic mass is 10.1. The molecule has 0 aliphatic heterocycles. The number of halogens is 1. The minimum atomic E-state index is -0.255. The van der Waals surface area contributed by atoms with Crippen molar-refractivity contribution in [2.24, 2.45) is 0 Å². The Labute approximate surface area is 121 Å². The molecule has 1 unspecified atom stereocenters. The number of ether oxygens (including phenoxy) is 1. The summed E-state index contributed by atoms with van der Waals surface area (Å²) in [7, 11) is 0. The van der Waals surface area contributed by atoms with Gasteiger partial charge >= 0.3 is 5.97 Å². The van der Waals surface area contributed by atoms with Gasteiger partial charge in [0.05, 0.1) is 5.56 Å². The number of carbonyl (C=O) groups excluding carboxylic acids is 1. The number of esters is 1. The predicted molar refractivity (Wildman–Crippen MR) is 80.5 cm³/mol. The van der Waals surface area contributed by atoms with E-state index in [4.69, 9.17) is 4.74 Å². The fraction of sp³-hybridized carbons (Fsp3) is 0.267. The lowest BCUT2D eigenvalue weighted by Crippen LogP contribution is -2.16. The smallest absolute Gasteiger partial charge is 0.338 e. The zero-order chi connectivity index (χ0) is 12.8. The molecule has 0 spiro atoms. The molecule has 1 aliphatic rings. The molecule has 3 heteroatoms. The summed E-state index contributed by atoms with van der Waals surface area (Å²) in [5.74, 6) is -0.255. The van der Waals surface area contributed by atoms with Gasteiger partial charge in [0.1, 0.15) is 6.10 Å². The lowest BCUT2D eigenvalue weighted by molar-refractivity contribution is 0.0399. The van der Waals surface area contributed by atoms with E-state index < -0.39 is 0 Å². The third-order valence-corrected chi connectivity index (χ3v) is 3.44. The Morgan fingerprint density at radius 1 is 1.11 bits per heavy atom. The molecule has 0 heterocycles. The molecule has 0 saturated carbocycles. The summed E-state index contributed by atoms with van der Waals surface area (Å²) in [5, 5.41) is 0. The van der Waals surface area contributed by atoms with E-state index in [1.807, 2.05) is 18.2 Å². The maximum Gasteiger partial charge on any atom is 0.338 e. The van der Waals surface area contributed by atoms with Crippen molar-refractivity contribution >= 4 is 28.6 Å². The fourth-order valence-corrected chi connectivity index (χ4v) is 2.11. The average molecular weight is 354 g/mol. The molecule has 1 aromatic rings. The van der Waals surface area contributed by atoms with Crippen molar-refractivity contribution in [2.75, 3.05) is 0 Å². The van der Waals surface area contributed by atoms with E-state index in [1.54, 1.807) is 12.1 Å². The van der Waals surface area contributed by atoms with Crippen molar-refractivity contribution in [1.82, 2.24) is 0 Å². The van der Waals surface area contributed by atoms with Crippen LogP contribution in [0.1, 0.15) is 29.6 Å². The van der Waals surface area contributed by atoms with Crippen LogP contribution in [0.3, 0.4) is 0 Å². The molecule has 0 aromatic heterocycles. The molecule has 94 valence electrons. The highest BCUT2D eigenvalue weighted by atomic mass is 127. The van der Waals surface area contributed by atoms with Crippen molar-refractivity contribution in [3.8, 4) is 0 Å². The second-order valence-electron chi connectivity index (χ2n) is 4.16. The standard InChI is InChI=1S/C15H15IO2/c16-13-10-8-12(9-11-13)15(17)18-14-6-4-2-1-3-5-7-14/h2,4-5,7-11,14H,1,3,6H2/b4-2-,7-5-. The van der Waals surface area contributed by atoms with Gasteiger partial charge in [0.25, 0.3) is 0 Å². The summed E-state index contributed by atoms with van der Waals surface area (Å²) >= 11 is 2.21. The highest BCUT2D eigenvalue weighted by molar-refractivity contribution is 14.1. The van der Waals surface area contributed by atoms with Crippen LogP contribution in [0.15, 0.2) is 48.6 Å². The highest BCUT2D eigenvalue weighted by Gasteiger charge is 2.12. The van der Waals surface area contributed by atoms with E-state index in [2.05, 4.69) is 40.8 Å². The summed E-state index contributed by atoms with van der Waals surface area (Å²) in [6, 6.07) is 7.41. The fourth-order valence-electron chi connectivity index (χ4n) is 1.75. The number of benzene rings is 1. The first-order valence-electron chi connectivity index (χ1n) is 6.04. The number of hydrogen-bond donors (Lipinski definition) is 0. The van der Waals surface area contributed by atoms with Crippen molar-refractivity contribution < 1.29 is 9.53 Å². The van der Waals surface area contributed by atoms with Gasteiger partial charge in [0.2, 0.25) is 0 Å². The Kier molecular flexibility index (Phi) is 4.99. The van der Waals surface area contributed by atoms with Crippen LogP contribution in [0.25, 0.3) is 0 Å². The minimum absolute atomic E-state index is 0.145. The first kappa shape index (κ1) is 13.3. The second-order valence-corrected chi connectivity index (χ2v) is 5.41. The van der Waals surface area contributed by atoms with E-state index in [9.17, 15) is 4.79 Å². The molecule has 0 radical (unpaired) electrons. The molecule has 0 N–H and O–H groups in total. The number of allylic oxidation sites excluding steroid dienone is 2. The molecule has 1 aromatic carbocycles. The Balaban J connectivity index is 1.99. The Morgan fingerprint density at radius 2 is 1.83 bits per heavy atom. The molecule has 0 bridgehead atoms. The molecule has 18 heavy (non-hydrogen) atoms. The van der Waals surface area contributed by atoms with Gasteiger partial charge in [0.15, 0.2) is 0 Å². The molecule has 2 nitrogen and oxygen atoms in total. The summed E-state index contributed by atoms with van der Waals surface area (Å²) in [6.45, 7) is 0. The maximum atomic E-state index is 11.9. The van der Waals surface area contributed by atoms with E-state index in [0.717, 1.165) is 22.8 Å². The van der Waals surface area contributed by atoms with Crippen LogP contribution in [0.4, 0.5) is 0 Å². The second kappa shape index (κ2) is 6.73. The first-order valence-corrected chi connectivity index (χ1v) is 7.12. The van der Waals surface area contributed by atoms with Gasteiger partial charge in [-0.2, -0.15) is 0 Å². The molecule has 0 amide bonds.